The Morgan fingerprint density at radius 3 is 2.48 bits per heavy atom. The molecule has 0 saturated heterocycles. The highest BCUT2D eigenvalue weighted by molar-refractivity contribution is 5.75. The van der Waals surface area contributed by atoms with E-state index in [2.05, 4.69) is 20.0 Å². The van der Waals surface area contributed by atoms with Crippen molar-refractivity contribution in [2.75, 3.05) is 6.61 Å². The molecule has 1 amide bonds. The molecule has 0 spiro atoms. The number of aromatic nitrogens is 2. The SMILES string of the molecule is CCCOC(NC(=O)CC)c1ccc(-c2noc(C(F)(F)F)n2)cc1. The summed E-state index contributed by atoms with van der Waals surface area (Å²) in [5, 5.41) is 6.07. The third-order valence-corrected chi connectivity index (χ3v) is 3.24. The number of amides is 1. The number of nitrogens with one attached hydrogen (secondary N) is 1. The Morgan fingerprint density at radius 1 is 1.28 bits per heavy atom. The molecule has 136 valence electrons. The van der Waals surface area contributed by atoms with Crippen LogP contribution >= 0.6 is 0 Å². The Balaban J connectivity index is 2.18. The molecule has 0 aliphatic rings. The maximum atomic E-state index is 12.5. The first-order valence-electron chi connectivity index (χ1n) is 7.77. The van der Waals surface area contributed by atoms with Crippen molar-refractivity contribution in [2.24, 2.45) is 0 Å². The maximum Gasteiger partial charge on any atom is 0.471 e. The number of carbonyl (C=O) groups is 1. The predicted molar refractivity (Wildman–Crippen MR) is 82.2 cm³/mol. The molecule has 0 aliphatic heterocycles. The van der Waals surface area contributed by atoms with Gasteiger partial charge in [0.25, 0.3) is 0 Å². The number of hydrogen-bond acceptors (Lipinski definition) is 5. The van der Waals surface area contributed by atoms with Crippen LogP contribution in [0.1, 0.15) is 44.4 Å². The number of ether oxygens (including phenoxy) is 1. The summed E-state index contributed by atoms with van der Waals surface area (Å²) >= 11 is 0. The molecule has 1 heterocycles. The lowest BCUT2D eigenvalue weighted by atomic mass is 10.1. The van der Waals surface area contributed by atoms with Gasteiger partial charge in [-0.05, 0) is 6.42 Å². The monoisotopic (exact) mass is 357 g/mol. The van der Waals surface area contributed by atoms with E-state index in [0.717, 1.165) is 6.42 Å². The highest BCUT2D eigenvalue weighted by Crippen LogP contribution is 2.29. The van der Waals surface area contributed by atoms with Gasteiger partial charge in [0, 0.05) is 24.2 Å². The second-order valence-corrected chi connectivity index (χ2v) is 5.21. The van der Waals surface area contributed by atoms with Crippen LogP contribution in [0.4, 0.5) is 13.2 Å². The van der Waals surface area contributed by atoms with E-state index in [1.165, 1.54) is 0 Å². The zero-order chi connectivity index (χ0) is 18.4. The summed E-state index contributed by atoms with van der Waals surface area (Å²) in [7, 11) is 0. The van der Waals surface area contributed by atoms with Gasteiger partial charge in [-0.3, -0.25) is 4.79 Å². The first kappa shape index (κ1) is 18.9. The number of carbonyl (C=O) groups excluding carboxylic acids is 1. The second kappa shape index (κ2) is 8.11. The van der Waals surface area contributed by atoms with E-state index in [-0.39, 0.29) is 11.7 Å². The summed E-state index contributed by atoms with van der Waals surface area (Å²) in [6, 6.07) is 6.35. The van der Waals surface area contributed by atoms with Gasteiger partial charge < -0.3 is 14.6 Å². The molecule has 2 aromatic rings. The van der Waals surface area contributed by atoms with Crippen LogP contribution < -0.4 is 5.32 Å². The first-order valence-corrected chi connectivity index (χ1v) is 7.77. The van der Waals surface area contributed by atoms with Crippen LogP contribution in [-0.4, -0.2) is 22.7 Å². The van der Waals surface area contributed by atoms with Crippen molar-refractivity contribution >= 4 is 5.91 Å². The number of nitrogens with zero attached hydrogens (tertiary/aromatic N) is 2. The van der Waals surface area contributed by atoms with E-state index < -0.39 is 18.3 Å². The fourth-order valence-electron chi connectivity index (χ4n) is 1.97. The molecule has 25 heavy (non-hydrogen) atoms. The Kier molecular flexibility index (Phi) is 6.13. The molecule has 0 saturated carbocycles. The topological polar surface area (TPSA) is 77.2 Å². The van der Waals surface area contributed by atoms with E-state index in [1.807, 2.05) is 6.92 Å². The zero-order valence-electron chi connectivity index (χ0n) is 13.8. The molecule has 1 aromatic carbocycles. The van der Waals surface area contributed by atoms with Crippen LogP contribution in [0.25, 0.3) is 11.4 Å². The molecule has 6 nitrogen and oxygen atoms in total. The van der Waals surface area contributed by atoms with Crippen LogP contribution in [0.5, 0.6) is 0 Å². The fraction of sp³-hybridized carbons (Fsp3) is 0.438. The standard InChI is InChI=1S/C16H18F3N3O3/c1-3-9-24-14(20-12(23)4-2)11-7-5-10(6-8-11)13-21-15(25-22-13)16(17,18)19/h5-8,14H,3-4,9H2,1-2H3,(H,20,23). The summed E-state index contributed by atoms with van der Waals surface area (Å²) in [5.74, 6) is -1.73. The van der Waals surface area contributed by atoms with E-state index in [0.29, 0.717) is 24.2 Å². The van der Waals surface area contributed by atoms with Gasteiger partial charge in [0.15, 0.2) is 6.23 Å². The van der Waals surface area contributed by atoms with Crippen LogP contribution in [-0.2, 0) is 15.7 Å². The van der Waals surface area contributed by atoms with Gasteiger partial charge in [0.1, 0.15) is 0 Å². The Hall–Kier alpha value is -2.42. The molecule has 0 aliphatic carbocycles. The Morgan fingerprint density at radius 2 is 1.96 bits per heavy atom. The van der Waals surface area contributed by atoms with Crippen LogP contribution in [0.2, 0.25) is 0 Å². The van der Waals surface area contributed by atoms with Gasteiger partial charge in [-0.1, -0.05) is 43.3 Å². The van der Waals surface area contributed by atoms with Gasteiger partial charge in [-0.25, -0.2) is 0 Å². The summed E-state index contributed by atoms with van der Waals surface area (Å²) in [5.41, 5.74) is 1.03. The molecule has 2 rings (SSSR count). The molecular formula is C16H18F3N3O3. The van der Waals surface area contributed by atoms with Gasteiger partial charge in [-0.15, -0.1) is 0 Å². The predicted octanol–water partition coefficient (Wildman–Crippen LogP) is 3.71. The van der Waals surface area contributed by atoms with Crippen LogP contribution in [0.3, 0.4) is 0 Å². The number of hydrogen-bond donors (Lipinski definition) is 1. The minimum Gasteiger partial charge on any atom is -0.354 e. The molecule has 0 radical (unpaired) electrons. The Labute approximate surface area is 142 Å². The van der Waals surface area contributed by atoms with Crippen molar-refractivity contribution in [3.05, 3.63) is 35.7 Å². The van der Waals surface area contributed by atoms with E-state index in [1.54, 1.807) is 31.2 Å². The third kappa shape index (κ3) is 5.02. The maximum absolute atomic E-state index is 12.5. The van der Waals surface area contributed by atoms with Crippen molar-refractivity contribution < 1.29 is 27.2 Å². The fourth-order valence-corrected chi connectivity index (χ4v) is 1.97. The van der Waals surface area contributed by atoms with E-state index in [9.17, 15) is 18.0 Å². The van der Waals surface area contributed by atoms with Crippen molar-refractivity contribution in [2.45, 2.75) is 39.1 Å². The van der Waals surface area contributed by atoms with Gasteiger partial charge >= 0.3 is 12.1 Å². The average Bonchev–Trinajstić information content (AvgIpc) is 3.09. The smallest absolute Gasteiger partial charge is 0.354 e. The first-order chi connectivity index (χ1) is 11.8. The quantitative estimate of drug-likeness (QED) is 0.765. The van der Waals surface area contributed by atoms with Crippen molar-refractivity contribution in [1.29, 1.82) is 0 Å². The van der Waals surface area contributed by atoms with Crippen molar-refractivity contribution in [3.63, 3.8) is 0 Å². The molecule has 9 heteroatoms. The summed E-state index contributed by atoms with van der Waals surface area (Å²) in [4.78, 5) is 14.9. The molecular weight excluding hydrogens is 339 g/mol. The normalized spacial score (nSPS) is 12.8. The third-order valence-electron chi connectivity index (χ3n) is 3.24. The minimum atomic E-state index is -4.69. The largest absolute Gasteiger partial charge is 0.471 e. The molecule has 0 bridgehead atoms. The average molecular weight is 357 g/mol. The van der Waals surface area contributed by atoms with Gasteiger partial charge in [-0.2, -0.15) is 18.2 Å². The Bertz CT molecular complexity index is 699. The lowest BCUT2D eigenvalue weighted by Crippen LogP contribution is -2.29. The molecule has 1 unspecified atom stereocenters. The molecule has 1 N–H and O–H groups in total. The number of benzene rings is 1. The lowest BCUT2D eigenvalue weighted by molar-refractivity contribution is -0.159. The minimum absolute atomic E-state index is 0.164. The highest BCUT2D eigenvalue weighted by atomic mass is 19.4. The molecule has 1 aromatic heterocycles. The summed E-state index contributed by atoms with van der Waals surface area (Å²) in [6.07, 6.45) is -4.22. The van der Waals surface area contributed by atoms with E-state index in [4.69, 9.17) is 4.74 Å². The molecule has 0 fully saturated rings. The van der Waals surface area contributed by atoms with Gasteiger partial charge in [0.2, 0.25) is 11.7 Å². The second-order valence-electron chi connectivity index (χ2n) is 5.21. The summed E-state index contributed by atoms with van der Waals surface area (Å²) in [6.45, 7) is 4.12. The lowest BCUT2D eigenvalue weighted by Gasteiger charge is -2.19. The van der Waals surface area contributed by atoms with Crippen molar-refractivity contribution in [1.82, 2.24) is 15.5 Å². The van der Waals surface area contributed by atoms with Crippen LogP contribution in [0, 0.1) is 0 Å². The van der Waals surface area contributed by atoms with Crippen molar-refractivity contribution in [3.8, 4) is 11.4 Å². The van der Waals surface area contributed by atoms with Gasteiger partial charge in [0.05, 0.1) is 0 Å². The number of alkyl halides is 3. The number of rotatable bonds is 7. The molecule has 1 atom stereocenters. The van der Waals surface area contributed by atoms with E-state index >= 15 is 0 Å². The van der Waals surface area contributed by atoms with Crippen LogP contribution in [0.15, 0.2) is 28.8 Å². The summed E-state index contributed by atoms with van der Waals surface area (Å²) < 4.78 is 47.3. The number of halogens is 3. The zero-order valence-corrected chi connectivity index (χ0v) is 13.8. The highest BCUT2D eigenvalue weighted by Gasteiger charge is 2.38.